The highest BCUT2D eigenvalue weighted by Crippen LogP contribution is 2.53. The summed E-state index contributed by atoms with van der Waals surface area (Å²) >= 11 is 0. The Kier molecular flexibility index (Phi) is 1.12. The fraction of sp³-hybridized carbons (Fsp3) is 0.857. The van der Waals surface area contributed by atoms with E-state index in [4.69, 9.17) is 5.11 Å². The minimum absolute atomic E-state index is 0.197. The molecule has 0 amide bonds. The van der Waals surface area contributed by atoms with Gasteiger partial charge in [-0.3, -0.25) is 4.79 Å². The Labute approximate surface area is 63.6 Å². The Balaban J connectivity index is 2.16. The quantitative estimate of drug-likeness (QED) is 0.573. The van der Waals surface area contributed by atoms with Gasteiger partial charge in [0, 0.05) is 25.9 Å². The van der Waals surface area contributed by atoms with Crippen molar-refractivity contribution >= 4 is 5.97 Å². The fourth-order valence-corrected chi connectivity index (χ4v) is 2.16. The largest absolute Gasteiger partial charge is 0.481 e. The number of aliphatic carboxylic acids is 1. The zero-order chi connectivity index (χ0) is 8.11. The Morgan fingerprint density at radius 2 is 2.09 bits per heavy atom. The van der Waals surface area contributed by atoms with Crippen LogP contribution in [0.25, 0.3) is 0 Å². The molecule has 0 radical (unpaired) electrons. The Morgan fingerprint density at radius 3 is 2.45 bits per heavy atom. The molecule has 3 nitrogen and oxygen atoms in total. The molecule has 1 aliphatic carbocycles. The first kappa shape index (κ1) is 7.03. The van der Waals surface area contributed by atoms with Crippen molar-refractivity contribution in [1.29, 1.82) is 0 Å². The molecule has 2 heterocycles. The summed E-state index contributed by atoms with van der Waals surface area (Å²) in [7, 11) is 0. The summed E-state index contributed by atoms with van der Waals surface area (Å²) in [5.74, 6) is -0.863. The zero-order valence-corrected chi connectivity index (χ0v) is 6.06. The van der Waals surface area contributed by atoms with Gasteiger partial charge >= 0.3 is 5.97 Å². The van der Waals surface area contributed by atoms with E-state index in [9.17, 15) is 9.18 Å². The van der Waals surface area contributed by atoms with E-state index in [1.807, 2.05) is 0 Å². The van der Waals surface area contributed by atoms with Crippen LogP contribution < -0.4 is 5.32 Å². The van der Waals surface area contributed by atoms with Gasteiger partial charge in [-0.25, -0.2) is 4.39 Å². The third kappa shape index (κ3) is 0.788. The van der Waals surface area contributed by atoms with Crippen LogP contribution in [-0.2, 0) is 4.79 Å². The molecule has 0 spiro atoms. The molecule has 0 aromatic heterocycles. The van der Waals surface area contributed by atoms with Crippen molar-refractivity contribution in [2.45, 2.75) is 18.5 Å². The second-order valence-corrected chi connectivity index (χ2v) is 3.69. The number of carboxylic acid groups (broad SMARTS) is 1. The van der Waals surface area contributed by atoms with E-state index in [0.717, 1.165) is 0 Å². The van der Waals surface area contributed by atoms with Crippen LogP contribution in [0.4, 0.5) is 4.39 Å². The van der Waals surface area contributed by atoms with Gasteiger partial charge in [-0.1, -0.05) is 0 Å². The predicted molar refractivity (Wildman–Crippen MR) is 36.0 cm³/mol. The maximum Gasteiger partial charge on any atom is 0.311 e. The number of nitrogens with one attached hydrogen (secondary N) is 1. The van der Waals surface area contributed by atoms with E-state index in [-0.39, 0.29) is 12.8 Å². The van der Waals surface area contributed by atoms with Crippen LogP contribution in [0.1, 0.15) is 12.8 Å². The van der Waals surface area contributed by atoms with Crippen LogP contribution in [0.2, 0.25) is 0 Å². The first-order valence-electron chi connectivity index (χ1n) is 3.70. The summed E-state index contributed by atoms with van der Waals surface area (Å²) in [5, 5.41) is 11.5. The monoisotopic (exact) mass is 159 g/mol. The van der Waals surface area contributed by atoms with Crippen molar-refractivity contribution in [2.75, 3.05) is 13.1 Å². The average molecular weight is 159 g/mol. The molecule has 4 heteroatoms. The van der Waals surface area contributed by atoms with E-state index in [1.54, 1.807) is 0 Å². The topological polar surface area (TPSA) is 49.3 Å². The lowest BCUT2D eigenvalue weighted by atomic mass is 9.57. The molecule has 2 N–H and O–H groups in total. The van der Waals surface area contributed by atoms with Gasteiger partial charge < -0.3 is 10.4 Å². The second-order valence-electron chi connectivity index (χ2n) is 3.69. The molecule has 3 aliphatic rings. The summed E-state index contributed by atoms with van der Waals surface area (Å²) < 4.78 is 13.2. The Bertz CT molecular complexity index is 210. The average Bonchev–Trinajstić information content (AvgIpc) is 1.85. The van der Waals surface area contributed by atoms with Gasteiger partial charge in [0.1, 0.15) is 5.67 Å². The van der Waals surface area contributed by atoms with Gasteiger partial charge in [-0.2, -0.15) is 0 Å². The van der Waals surface area contributed by atoms with Gasteiger partial charge in [-0.05, 0) is 0 Å². The van der Waals surface area contributed by atoms with Crippen LogP contribution in [0.5, 0.6) is 0 Å². The predicted octanol–water partition coefficient (Wildman–Crippen LogP) is 0.163. The van der Waals surface area contributed by atoms with Crippen molar-refractivity contribution in [3.63, 3.8) is 0 Å². The van der Waals surface area contributed by atoms with Crippen molar-refractivity contribution < 1.29 is 14.3 Å². The molecule has 1 saturated carbocycles. The molecule has 3 fully saturated rings. The number of hydrogen-bond acceptors (Lipinski definition) is 2. The van der Waals surface area contributed by atoms with E-state index < -0.39 is 17.1 Å². The summed E-state index contributed by atoms with van der Waals surface area (Å²) in [6, 6.07) is 0. The number of hydrogen-bond donors (Lipinski definition) is 2. The Hall–Kier alpha value is -0.640. The molecule has 0 unspecified atom stereocenters. The molecular formula is C7H10FNO2. The van der Waals surface area contributed by atoms with E-state index in [0.29, 0.717) is 13.1 Å². The molecule has 0 aromatic carbocycles. The lowest BCUT2D eigenvalue weighted by Crippen LogP contribution is -2.66. The van der Waals surface area contributed by atoms with Gasteiger partial charge in [0.25, 0.3) is 0 Å². The van der Waals surface area contributed by atoms with Crippen molar-refractivity contribution in [2.24, 2.45) is 5.41 Å². The van der Waals surface area contributed by atoms with Crippen LogP contribution in [0.15, 0.2) is 0 Å². The van der Waals surface area contributed by atoms with E-state index in [2.05, 4.69) is 5.32 Å². The molecule has 62 valence electrons. The molecule has 2 saturated heterocycles. The third-order valence-corrected chi connectivity index (χ3v) is 2.67. The number of carboxylic acids is 1. The van der Waals surface area contributed by atoms with Crippen LogP contribution >= 0.6 is 0 Å². The SMILES string of the molecule is O=C(O)C12CNCC(F)(C1)C2. The smallest absolute Gasteiger partial charge is 0.311 e. The summed E-state index contributed by atoms with van der Waals surface area (Å²) in [6.07, 6.45) is 0.394. The summed E-state index contributed by atoms with van der Waals surface area (Å²) in [4.78, 5) is 10.6. The van der Waals surface area contributed by atoms with Crippen LogP contribution in [0, 0.1) is 5.41 Å². The second kappa shape index (κ2) is 1.75. The minimum Gasteiger partial charge on any atom is -0.481 e. The molecule has 3 rings (SSSR count). The molecule has 2 bridgehead atoms. The van der Waals surface area contributed by atoms with Crippen molar-refractivity contribution in [3.8, 4) is 0 Å². The standard InChI is InChI=1S/C7H10FNO2/c8-7-1-6(2-7,5(10)11)3-9-4-7/h9H,1-4H2,(H,10,11). The highest BCUT2D eigenvalue weighted by Gasteiger charge is 2.62. The van der Waals surface area contributed by atoms with Crippen molar-refractivity contribution in [3.05, 3.63) is 0 Å². The van der Waals surface area contributed by atoms with E-state index in [1.165, 1.54) is 0 Å². The number of piperidine rings is 2. The highest BCUT2D eigenvalue weighted by molar-refractivity contribution is 5.77. The van der Waals surface area contributed by atoms with Crippen LogP contribution in [0.3, 0.4) is 0 Å². The highest BCUT2D eigenvalue weighted by atomic mass is 19.1. The molecular weight excluding hydrogens is 149 g/mol. The number of rotatable bonds is 1. The third-order valence-electron chi connectivity index (χ3n) is 2.67. The molecule has 11 heavy (non-hydrogen) atoms. The summed E-state index contributed by atoms with van der Waals surface area (Å²) in [6.45, 7) is 0.746. The lowest BCUT2D eigenvalue weighted by Gasteiger charge is -2.53. The number of halogens is 1. The van der Waals surface area contributed by atoms with Gasteiger partial charge in [0.05, 0.1) is 5.41 Å². The van der Waals surface area contributed by atoms with Crippen molar-refractivity contribution in [1.82, 2.24) is 5.32 Å². The van der Waals surface area contributed by atoms with Gasteiger partial charge in [0.2, 0.25) is 0 Å². The lowest BCUT2D eigenvalue weighted by molar-refractivity contribution is -0.174. The maximum absolute atomic E-state index is 13.2. The fourth-order valence-electron chi connectivity index (χ4n) is 2.16. The maximum atomic E-state index is 13.2. The number of alkyl halides is 1. The minimum atomic E-state index is -1.23. The van der Waals surface area contributed by atoms with E-state index >= 15 is 0 Å². The molecule has 2 aliphatic heterocycles. The number of fused-ring (bicyclic) bond motifs is 2. The first-order valence-corrected chi connectivity index (χ1v) is 3.70. The first-order chi connectivity index (χ1) is 5.06. The molecule has 0 atom stereocenters. The zero-order valence-electron chi connectivity index (χ0n) is 6.06. The summed E-state index contributed by atoms with van der Waals surface area (Å²) in [5.41, 5.74) is -2.01. The molecule has 0 aromatic rings. The Morgan fingerprint density at radius 1 is 1.45 bits per heavy atom. The van der Waals surface area contributed by atoms with Gasteiger partial charge in [0.15, 0.2) is 0 Å². The van der Waals surface area contributed by atoms with Gasteiger partial charge in [-0.15, -0.1) is 0 Å². The normalized spacial score (nSPS) is 48.1. The number of carbonyl (C=O) groups is 1. The van der Waals surface area contributed by atoms with Crippen LogP contribution in [-0.4, -0.2) is 29.8 Å².